The van der Waals surface area contributed by atoms with Crippen molar-refractivity contribution in [2.24, 2.45) is 0 Å². The molecule has 3 heteroatoms. The molecule has 0 amide bonds. The fourth-order valence-corrected chi connectivity index (χ4v) is 1.97. The zero-order valence-corrected chi connectivity index (χ0v) is 13.9. The molecule has 122 valence electrons. The molecule has 0 aliphatic heterocycles. The Morgan fingerprint density at radius 1 is 0.792 bits per heavy atom. The highest BCUT2D eigenvalue weighted by Gasteiger charge is 1.95. The molecule has 0 aromatic heterocycles. The molecule has 0 aliphatic carbocycles. The first-order valence-electron chi connectivity index (χ1n) is 8.14. The van der Waals surface area contributed by atoms with E-state index in [-0.39, 0.29) is 0 Å². The summed E-state index contributed by atoms with van der Waals surface area (Å²) >= 11 is 0. The molecule has 2 rings (SSSR count). The summed E-state index contributed by atoms with van der Waals surface area (Å²) in [6.45, 7) is 4.11. The lowest BCUT2D eigenvalue weighted by atomic mass is 10.1. The van der Waals surface area contributed by atoms with Crippen LogP contribution in [-0.4, -0.2) is 19.8 Å². The van der Waals surface area contributed by atoms with Crippen molar-refractivity contribution in [1.29, 1.82) is 5.26 Å². The molecule has 0 heterocycles. The van der Waals surface area contributed by atoms with Gasteiger partial charge < -0.3 is 9.47 Å². The van der Waals surface area contributed by atoms with E-state index in [0.717, 1.165) is 36.3 Å². The van der Waals surface area contributed by atoms with Crippen LogP contribution in [0.1, 0.15) is 36.5 Å². The number of rotatable bonds is 7. The molecule has 0 N–H and O–H groups in total. The van der Waals surface area contributed by atoms with Gasteiger partial charge in [-0.1, -0.05) is 25.2 Å². The van der Waals surface area contributed by atoms with E-state index < -0.39 is 0 Å². The molecule has 0 radical (unpaired) electrons. The molecule has 0 unspecified atom stereocenters. The molecule has 0 fully saturated rings. The standard InChI is InChI=1S/C21H21NO2/c1-2-3-14-23-15-16-24-21-12-10-19(11-13-21)5-4-18-6-8-20(17-22)9-7-18/h6-13H,2-3,14-16H2,1H3. The third kappa shape index (κ3) is 6.16. The van der Waals surface area contributed by atoms with Crippen molar-refractivity contribution in [2.75, 3.05) is 19.8 Å². The van der Waals surface area contributed by atoms with E-state index in [1.807, 2.05) is 36.4 Å². The van der Waals surface area contributed by atoms with Crippen molar-refractivity contribution in [2.45, 2.75) is 19.8 Å². The Balaban J connectivity index is 1.81. The predicted molar refractivity (Wildman–Crippen MR) is 94.8 cm³/mol. The van der Waals surface area contributed by atoms with Crippen LogP contribution in [0, 0.1) is 23.2 Å². The van der Waals surface area contributed by atoms with Gasteiger partial charge in [0.2, 0.25) is 0 Å². The smallest absolute Gasteiger partial charge is 0.119 e. The van der Waals surface area contributed by atoms with E-state index in [9.17, 15) is 0 Å². The third-order valence-electron chi connectivity index (χ3n) is 3.36. The minimum atomic E-state index is 0.556. The largest absolute Gasteiger partial charge is 0.491 e. The first kappa shape index (κ1) is 17.6. The van der Waals surface area contributed by atoms with Gasteiger partial charge in [0.1, 0.15) is 12.4 Å². The monoisotopic (exact) mass is 319 g/mol. The van der Waals surface area contributed by atoms with Gasteiger partial charge in [0, 0.05) is 17.7 Å². The maximum Gasteiger partial charge on any atom is 0.119 e. The molecule has 0 spiro atoms. The average molecular weight is 319 g/mol. The van der Waals surface area contributed by atoms with Gasteiger partial charge in [-0.25, -0.2) is 0 Å². The van der Waals surface area contributed by atoms with Crippen molar-refractivity contribution in [3.8, 4) is 23.7 Å². The highest BCUT2D eigenvalue weighted by Crippen LogP contribution is 2.11. The van der Waals surface area contributed by atoms with E-state index in [4.69, 9.17) is 14.7 Å². The third-order valence-corrected chi connectivity index (χ3v) is 3.36. The number of nitriles is 1. The van der Waals surface area contributed by atoms with Crippen LogP contribution in [0.15, 0.2) is 48.5 Å². The number of hydrogen-bond acceptors (Lipinski definition) is 3. The van der Waals surface area contributed by atoms with E-state index in [2.05, 4.69) is 24.8 Å². The van der Waals surface area contributed by atoms with Crippen LogP contribution in [0.3, 0.4) is 0 Å². The minimum absolute atomic E-state index is 0.556. The second-order valence-electron chi connectivity index (χ2n) is 5.28. The van der Waals surface area contributed by atoms with Crippen molar-refractivity contribution < 1.29 is 9.47 Å². The fourth-order valence-electron chi connectivity index (χ4n) is 1.97. The first-order chi connectivity index (χ1) is 11.8. The summed E-state index contributed by atoms with van der Waals surface area (Å²) in [5.41, 5.74) is 2.45. The Bertz CT molecular complexity index is 716. The predicted octanol–water partition coefficient (Wildman–Crippen LogP) is 4.15. The summed E-state index contributed by atoms with van der Waals surface area (Å²) in [6.07, 6.45) is 2.23. The van der Waals surface area contributed by atoms with Crippen molar-refractivity contribution in [3.63, 3.8) is 0 Å². The summed E-state index contributed by atoms with van der Waals surface area (Å²) < 4.78 is 11.1. The Hall–Kier alpha value is -2.75. The van der Waals surface area contributed by atoms with E-state index in [1.165, 1.54) is 0 Å². The summed E-state index contributed by atoms with van der Waals surface area (Å²) in [4.78, 5) is 0. The molecule has 0 saturated heterocycles. The van der Waals surface area contributed by atoms with Gasteiger partial charge in [0.05, 0.1) is 18.2 Å². The van der Waals surface area contributed by atoms with Crippen LogP contribution in [0.2, 0.25) is 0 Å². The average Bonchev–Trinajstić information content (AvgIpc) is 2.64. The van der Waals surface area contributed by atoms with E-state index in [1.54, 1.807) is 12.1 Å². The van der Waals surface area contributed by atoms with Gasteiger partial charge in [-0.3, -0.25) is 0 Å². The minimum Gasteiger partial charge on any atom is -0.491 e. The lowest BCUT2D eigenvalue weighted by Gasteiger charge is -2.06. The Morgan fingerprint density at radius 2 is 1.38 bits per heavy atom. The van der Waals surface area contributed by atoms with Gasteiger partial charge in [0.25, 0.3) is 0 Å². The van der Waals surface area contributed by atoms with Crippen molar-refractivity contribution in [1.82, 2.24) is 0 Å². The van der Waals surface area contributed by atoms with Crippen LogP contribution in [0.5, 0.6) is 5.75 Å². The number of nitrogens with zero attached hydrogens (tertiary/aromatic N) is 1. The number of ether oxygens (including phenoxy) is 2. The van der Waals surface area contributed by atoms with Crippen molar-refractivity contribution in [3.05, 3.63) is 65.2 Å². The molecule has 3 nitrogen and oxygen atoms in total. The summed E-state index contributed by atoms with van der Waals surface area (Å²) in [7, 11) is 0. The molecule has 2 aromatic rings. The summed E-state index contributed by atoms with van der Waals surface area (Å²) in [5.74, 6) is 7.00. The molecule has 24 heavy (non-hydrogen) atoms. The van der Waals surface area contributed by atoms with Crippen LogP contribution in [-0.2, 0) is 4.74 Å². The number of benzene rings is 2. The Labute approximate surface area is 143 Å². The molecule has 2 aromatic carbocycles. The van der Waals surface area contributed by atoms with Gasteiger partial charge in [-0.15, -0.1) is 0 Å². The van der Waals surface area contributed by atoms with Crippen molar-refractivity contribution >= 4 is 0 Å². The van der Waals surface area contributed by atoms with Gasteiger partial charge in [0.15, 0.2) is 0 Å². The first-order valence-corrected chi connectivity index (χ1v) is 8.14. The highest BCUT2D eigenvalue weighted by molar-refractivity contribution is 5.45. The zero-order valence-electron chi connectivity index (χ0n) is 13.9. The second kappa shape index (κ2) is 10.1. The lowest BCUT2D eigenvalue weighted by molar-refractivity contribution is 0.0980. The SMILES string of the molecule is CCCCOCCOc1ccc(C#Cc2ccc(C#N)cc2)cc1. The maximum atomic E-state index is 8.77. The molecular weight excluding hydrogens is 298 g/mol. The van der Waals surface area contributed by atoms with E-state index >= 15 is 0 Å². The van der Waals surface area contributed by atoms with Gasteiger partial charge in [-0.2, -0.15) is 5.26 Å². The van der Waals surface area contributed by atoms with Crippen LogP contribution >= 0.6 is 0 Å². The quantitative estimate of drug-likeness (QED) is 0.568. The topological polar surface area (TPSA) is 42.2 Å². The normalized spacial score (nSPS) is 9.67. The fraction of sp³-hybridized carbons (Fsp3) is 0.286. The summed E-state index contributed by atoms with van der Waals surface area (Å²) in [5, 5.41) is 8.77. The van der Waals surface area contributed by atoms with Gasteiger partial charge >= 0.3 is 0 Å². The Morgan fingerprint density at radius 3 is 1.96 bits per heavy atom. The lowest BCUT2D eigenvalue weighted by Crippen LogP contribution is -2.07. The molecular formula is C21H21NO2. The summed E-state index contributed by atoms with van der Waals surface area (Å²) in [6, 6.07) is 17.0. The molecule has 0 bridgehead atoms. The van der Waals surface area contributed by atoms with Gasteiger partial charge in [-0.05, 0) is 55.0 Å². The zero-order chi connectivity index (χ0) is 17.0. The molecule has 0 saturated carbocycles. The van der Waals surface area contributed by atoms with Crippen LogP contribution in [0.4, 0.5) is 0 Å². The van der Waals surface area contributed by atoms with E-state index in [0.29, 0.717) is 18.8 Å². The second-order valence-corrected chi connectivity index (χ2v) is 5.28. The maximum absolute atomic E-state index is 8.77. The molecule has 0 atom stereocenters. The number of hydrogen-bond donors (Lipinski definition) is 0. The van der Waals surface area contributed by atoms with Crippen LogP contribution < -0.4 is 4.74 Å². The Kier molecular flexibility index (Phi) is 7.41. The van der Waals surface area contributed by atoms with Crippen LogP contribution in [0.25, 0.3) is 0 Å². The highest BCUT2D eigenvalue weighted by atomic mass is 16.5. The molecule has 0 aliphatic rings. The number of unbranched alkanes of at least 4 members (excludes halogenated alkanes) is 1.